The number of fused-ring (bicyclic) bond motifs is 1. The normalized spacial score (nSPS) is 18.9. The maximum atomic E-state index is 13.6. The Morgan fingerprint density at radius 2 is 1.97 bits per heavy atom. The Balaban J connectivity index is 1.48. The van der Waals surface area contributed by atoms with E-state index in [1.165, 1.54) is 12.1 Å². The van der Waals surface area contributed by atoms with Crippen molar-refractivity contribution in [1.82, 2.24) is 19.4 Å². The van der Waals surface area contributed by atoms with Crippen molar-refractivity contribution < 1.29 is 14.3 Å². The first kappa shape index (κ1) is 23.0. The molecule has 3 heterocycles. The highest BCUT2D eigenvalue weighted by atomic mass is 19.1. The second-order valence-electron chi connectivity index (χ2n) is 9.01. The van der Waals surface area contributed by atoms with Gasteiger partial charge in [-0.05, 0) is 73.7 Å². The Morgan fingerprint density at radius 1 is 1.17 bits per heavy atom. The maximum Gasteiger partial charge on any atom is 0.279 e. The third-order valence-corrected chi connectivity index (χ3v) is 6.50. The molecule has 0 radical (unpaired) electrons. The molecular weight excluding hydrogens is 445 g/mol. The summed E-state index contributed by atoms with van der Waals surface area (Å²) >= 11 is 0. The van der Waals surface area contributed by atoms with Crippen LogP contribution in [0.2, 0.25) is 0 Å². The molecule has 5 rings (SSSR count). The molecule has 1 fully saturated rings. The molecule has 1 N–H and O–H groups in total. The molecule has 1 atom stereocenters. The smallest absolute Gasteiger partial charge is 0.279 e. The summed E-state index contributed by atoms with van der Waals surface area (Å²) in [6.07, 6.45) is 6.87. The van der Waals surface area contributed by atoms with Crippen LogP contribution in [0.4, 0.5) is 4.39 Å². The highest BCUT2D eigenvalue weighted by Gasteiger charge is 2.42. The van der Waals surface area contributed by atoms with Gasteiger partial charge in [-0.15, -0.1) is 0 Å². The molecule has 2 aliphatic heterocycles. The number of aliphatic hydroxyl groups excluding tert-OH is 1. The van der Waals surface area contributed by atoms with E-state index in [1.54, 1.807) is 23.4 Å². The van der Waals surface area contributed by atoms with Crippen molar-refractivity contribution in [2.45, 2.75) is 32.7 Å². The monoisotopic (exact) mass is 473 g/mol. The number of aliphatic imine (C=N–C) groups is 1. The van der Waals surface area contributed by atoms with Crippen molar-refractivity contribution in [3.8, 4) is 5.69 Å². The van der Waals surface area contributed by atoms with Crippen LogP contribution in [0.15, 0.2) is 65.7 Å². The second-order valence-corrected chi connectivity index (χ2v) is 9.01. The largest absolute Gasteiger partial charge is 0.396 e. The average molecular weight is 474 g/mol. The van der Waals surface area contributed by atoms with Gasteiger partial charge in [0.2, 0.25) is 5.96 Å². The number of benzene rings is 2. The minimum Gasteiger partial charge on any atom is -0.396 e. The van der Waals surface area contributed by atoms with Crippen LogP contribution in [0, 0.1) is 19.7 Å². The van der Waals surface area contributed by atoms with Gasteiger partial charge >= 0.3 is 0 Å². The van der Waals surface area contributed by atoms with E-state index in [2.05, 4.69) is 4.98 Å². The molecule has 35 heavy (non-hydrogen) atoms. The summed E-state index contributed by atoms with van der Waals surface area (Å²) < 4.78 is 15.5. The van der Waals surface area contributed by atoms with Gasteiger partial charge in [0.15, 0.2) is 0 Å². The van der Waals surface area contributed by atoms with Crippen LogP contribution in [0.5, 0.6) is 0 Å². The lowest BCUT2D eigenvalue weighted by molar-refractivity contribution is -0.125. The van der Waals surface area contributed by atoms with Gasteiger partial charge < -0.3 is 14.6 Å². The molecular formula is C27H28FN5O2. The number of rotatable bonds is 6. The third-order valence-electron chi connectivity index (χ3n) is 6.50. The predicted octanol–water partition coefficient (Wildman–Crippen LogP) is 4.00. The molecule has 180 valence electrons. The second kappa shape index (κ2) is 9.46. The van der Waals surface area contributed by atoms with E-state index < -0.39 is 0 Å². The van der Waals surface area contributed by atoms with Crippen LogP contribution in [0.1, 0.15) is 41.3 Å². The first-order valence-corrected chi connectivity index (χ1v) is 11.8. The summed E-state index contributed by atoms with van der Waals surface area (Å²) in [5, 5.41) is 9.32. The molecule has 2 aromatic carbocycles. The maximum absolute atomic E-state index is 13.6. The summed E-state index contributed by atoms with van der Waals surface area (Å²) in [5.74, 6) is 0.119. The number of nitrogens with zero attached hydrogens (tertiary/aromatic N) is 5. The van der Waals surface area contributed by atoms with Crippen molar-refractivity contribution >= 4 is 17.9 Å². The number of halogens is 1. The molecule has 0 spiro atoms. The molecule has 8 heteroatoms. The summed E-state index contributed by atoms with van der Waals surface area (Å²) in [6.45, 7) is 5.37. The van der Waals surface area contributed by atoms with Crippen molar-refractivity contribution in [3.63, 3.8) is 0 Å². The van der Waals surface area contributed by atoms with E-state index in [1.807, 2.05) is 53.8 Å². The lowest BCUT2D eigenvalue weighted by atomic mass is 9.99. The van der Waals surface area contributed by atoms with Crippen LogP contribution < -0.4 is 0 Å². The Labute approximate surface area is 203 Å². The van der Waals surface area contributed by atoms with Gasteiger partial charge in [-0.2, -0.15) is 0 Å². The number of aliphatic hydroxyl groups is 1. The quantitative estimate of drug-likeness (QED) is 0.550. The van der Waals surface area contributed by atoms with E-state index >= 15 is 0 Å². The molecule has 3 aromatic rings. The van der Waals surface area contributed by atoms with Gasteiger partial charge in [0.1, 0.15) is 11.5 Å². The number of hydrogen-bond acceptors (Lipinski definition) is 5. The number of aryl methyl sites for hydroxylation is 2. The Hall–Kier alpha value is -3.78. The molecule has 2 aliphatic rings. The van der Waals surface area contributed by atoms with Crippen LogP contribution in [-0.2, 0) is 4.79 Å². The summed E-state index contributed by atoms with van der Waals surface area (Å²) in [5.41, 5.74) is 5.17. The van der Waals surface area contributed by atoms with Crippen LogP contribution in [0.3, 0.4) is 0 Å². The van der Waals surface area contributed by atoms with E-state index in [9.17, 15) is 14.3 Å². The van der Waals surface area contributed by atoms with Gasteiger partial charge in [0.25, 0.3) is 5.91 Å². The number of carbonyl (C=O) groups is 1. The van der Waals surface area contributed by atoms with Crippen molar-refractivity contribution in [1.29, 1.82) is 0 Å². The Morgan fingerprint density at radius 3 is 2.66 bits per heavy atom. The minimum absolute atomic E-state index is 0.0733. The fourth-order valence-electron chi connectivity index (χ4n) is 4.77. The Bertz CT molecular complexity index is 1310. The fourth-order valence-corrected chi connectivity index (χ4v) is 4.77. The molecule has 7 nitrogen and oxygen atoms in total. The van der Waals surface area contributed by atoms with Crippen LogP contribution in [-0.4, -0.2) is 56.0 Å². The number of amides is 1. The zero-order valence-electron chi connectivity index (χ0n) is 19.9. The zero-order valence-corrected chi connectivity index (χ0v) is 19.9. The van der Waals surface area contributed by atoms with Gasteiger partial charge in [0.05, 0.1) is 18.1 Å². The van der Waals surface area contributed by atoms with Gasteiger partial charge in [-0.25, -0.2) is 14.4 Å². The molecule has 0 bridgehead atoms. The van der Waals surface area contributed by atoms with E-state index in [0.717, 1.165) is 28.1 Å². The highest BCUT2D eigenvalue weighted by Crippen LogP contribution is 2.36. The van der Waals surface area contributed by atoms with Gasteiger partial charge in [-0.1, -0.05) is 18.2 Å². The highest BCUT2D eigenvalue weighted by molar-refractivity contribution is 6.14. The molecule has 0 unspecified atom stereocenters. The number of aromatic nitrogens is 2. The predicted molar refractivity (Wildman–Crippen MR) is 132 cm³/mol. The topological polar surface area (TPSA) is 74.0 Å². The number of hydrogen-bond donors (Lipinski definition) is 1. The minimum atomic E-state index is -0.305. The molecule has 0 saturated carbocycles. The SMILES string of the molecule is Cc1cn(-c2ccc(/C=C3\N=C4N(CCCO)CC[C@H](c5ccc(F)cc5)N4C3=O)cc2C)cn1. The van der Waals surface area contributed by atoms with Gasteiger partial charge in [-0.3, -0.25) is 9.69 Å². The zero-order chi connectivity index (χ0) is 24.5. The van der Waals surface area contributed by atoms with Crippen LogP contribution in [0.25, 0.3) is 11.8 Å². The van der Waals surface area contributed by atoms with Crippen molar-refractivity contribution in [3.05, 3.63) is 88.9 Å². The molecule has 1 amide bonds. The first-order chi connectivity index (χ1) is 16.9. The number of imidazole rings is 1. The summed E-state index contributed by atoms with van der Waals surface area (Å²) in [6, 6.07) is 12.1. The fraction of sp³-hybridized carbons (Fsp3) is 0.296. The first-order valence-electron chi connectivity index (χ1n) is 11.8. The van der Waals surface area contributed by atoms with Gasteiger partial charge in [0, 0.05) is 31.6 Å². The lowest BCUT2D eigenvalue weighted by Crippen LogP contribution is -2.51. The van der Waals surface area contributed by atoms with E-state index in [0.29, 0.717) is 37.6 Å². The van der Waals surface area contributed by atoms with E-state index in [-0.39, 0.29) is 24.4 Å². The number of carbonyl (C=O) groups excluding carboxylic acids is 1. The lowest BCUT2D eigenvalue weighted by Gasteiger charge is -2.40. The third kappa shape index (κ3) is 4.49. The standard InChI is InChI=1S/C27H28FN5O2/c1-18-14-20(4-9-24(18)32-16-19(2)29-17-32)15-23-26(35)33-25(21-5-7-22(28)8-6-21)10-12-31(11-3-13-34)27(33)30-23/h4-9,14-17,25,34H,3,10-13H2,1-2H3/b23-15-/t25-/m1/s1. The summed E-state index contributed by atoms with van der Waals surface area (Å²) in [4.78, 5) is 26.4. The molecule has 1 saturated heterocycles. The number of guanidine groups is 1. The van der Waals surface area contributed by atoms with Crippen molar-refractivity contribution in [2.75, 3.05) is 19.7 Å². The summed E-state index contributed by atoms with van der Waals surface area (Å²) in [7, 11) is 0. The van der Waals surface area contributed by atoms with E-state index in [4.69, 9.17) is 4.99 Å². The van der Waals surface area contributed by atoms with Crippen molar-refractivity contribution in [2.24, 2.45) is 4.99 Å². The average Bonchev–Trinajstić information content (AvgIpc) is 3.42. The Kier molecular flexibility index (Phi) is 6.21. The van der Waals surface area contributed by atoms with Crippen LogP contribution >= 0.6 is 0 Å². The molecule has 1 aromatic heterocycles. The molecule has 0 aliphatic carbocycles.